The van der Waals surface area contributed by atoms with Gasteiger partial charge < -0.3 is 10.3 Å². The van der Waals surface area contributed by atoms with Crippen LogP contribution in [0.15, 0.2) is 16.9 Å². The van der Waals surface area contributed by atoms with Crippen LogP contribution in [0.3, 0.4) is 0 Å². The van der Waals surface area contributed by atoms with E-state index in [1.165, 1.54) is 6.07 Å². The SMILES string of the molecule is CCc1nc2c(F)cc(CN3CCNCC3)cc2[nH]c1=O. The van der Waals surface area contributed by atoms with Crippen molar-refractivity contribution in [2.75, 3.05) is 26.2 Å². The van der Waals surface area contributed by atoms with Gasteiger partial charge in [0.2, 0.25) is 0 Å². The zero-order chi connectivity index (χ0) is 14.8. The maximum absolute atomic E-state index is 14.2. The van der Waals surface area contributed by atoms with Gasteiger partial charge in [-0.1, -0.05) is 6.92 Å². The van der Waals surface area contributed by atoms with E-state index in [9.17, 15) is 9.18 Å². The third kappa shape index (κ3) is 2.96. The Hall–Kier alpha value is -1.79. The zero-order valence-electron chi connectivity index (χ0n) is 12.1. The van der Waals surface area contributed by atoms with E-state index in [1.807, 2.05) is 13.0 Å². The number of nitrogens with one attached hydrogen (secondary N) is 2. The van der Waals surface area contributed by atoms with Gasteiger partial charge >= 0.3 is 0 Å². The van der Waals surface area contributed by atoms with Crippen molar-refractivity contribution in [3.05, 3.63) is 39.6 Å². The van der Waals surface area contributed by atoms with Gasteiger partial charge in [0.1, 0.15) is 11.2 Å². The van der Waals surface area contributed by atoms with Crippen LogP contribution < -0.4 is 10.9 Å². The van der Waals surface area contributed by atoms with Crippen LogP contribution in [0.1, 0.15) is 18.2 Å². The quantitative estimate of drug-likeness (QED) is 0.886. The van der Waals surface area contributed by atoms with Crippen molar-refractivity contribution in [1.82, 2.24) is 20.2 Å². The standard InChI is InChI=1S/C15H19FN4O/c1-2-12-15(21)19-13-8-10(7-11(16)14(13)18-12)9-20-5-3-17-4-6-20/h7-8,17H,2-6,9H2,1H3,(H,19,21). The van der Waals surface area contributed by atoms with E-state index in [2.05, 4.69) is 20.2 Å². The van der Waals surface area contributed by atoms with Gasteiger partial charge in [-0.2, -0.15) is 0 Å². The molecule has 2 N–H and O–H groups in total. The van der Waals surface area contributed by atoms with Gasteiger partial charge in [-0.15, -0.1) is 0 Å². The second kappa shape index (κ2) is 5.91. The van der Waals surface area contributed by atoms with E-state index in [-0.39, 0.29) is 16.9 Å². The first kappa shape index (κ1) is 14.2. The molecule has 0 bridgehead atoms. The Labute approximate surface area is 122 Å². The average Bonchev–Trinajstić information content (AvgIpc) is 2.47. The van der Waals surface area contributed by atoms with Crippen molar-refractivity contribution < 1.29 is 4.39 Å². The number of piperazine rings is 1. The number of benzene rings is 1. The normalized spacial score (nSPS) is 16.5. The predicted octanol–water partition coefficient (Wildman–Crippen LogP) is 1.03. The zero-order valence-corrected chi connectivity index (χ0v) is 12.1. The summed E-state index contributed by atoms with van der Waals surface area (Å²) < 4.78 is 14.2. The summed E-state index contributed by atoms with van der Waals surface area (Å²) in [6.07, 6.45) is 0.493. The molecule has 5 nitrogen and oxygen atoms in total. The first-order chi connectivity index (χ1) is 10.2. The first-order valence-electron chi connectivity index (χ1n) is 7.32. The van der Waals surface area contributed by atoms with Crippen molar-refractivity contribution in [1.29, 1.82) is 0 Å². The van der Waals surface area contributed by atoms with Crippen LogP contribution in [0.5, 0.6) is 0 Å². The van der Waals surface area contributed by atoms with Gasteiger partial charge in [0.05, 0.1) is 5.52 Å². The van der Waals surface area contributed by atoms with E-state index in [0.717, 1.165) is 31.7 Å². The monoisotopic (exact) mass is 290 g/mol. The Morgan fingerprint density at radius 3 is 2.81 bits per heavy atom. The summed E-state index contributed by atoms with van der Waals surface area (Å²) in [4.78, 5) is 21.0. The molecule has 0 amide bonds. The summed E-state index contributed by atoms with van der Waals surface area (Å²) in [7, 11) is 0. The fraction of sp³-hybridized carbons (Fsp3) is 0.467. The van der Waals surface area contributed by atoms with Gasteiger partial charge in [-0.3, -0.25) is 9.69 Å². The van der Waals surface area contributed by atoms with Gasteiger partial charge in [-0.25, -0.2) is 9.37 Å². The highest BCUT2D eigenvalue weighted by Gasteiger charge is 2.13. The van der Waals surface area contributed by atoms with Crippen LogP contribution in [0.25, 0.3) is 11.0 Å². The lowest BCUT2D eigenvalue weighted by Gasteiger charge is -2.27. The molecule has 1 aromatic carbocycles. The van der Waals surface area contributed by atoms with Crippen LogP contribution in [-0.2, 0) is 13.0 Å². The fourth-order valence-corrected chi connectivity index (χ4v) is 2.70. The summed E-state index contributed by atoms with van der Waals surface area (Å²) in [6.45, 7) is 6.32. The summed E-state index contributed by atoms with van der Waals surface area (Å²) in [6, 6.07) is 3.35. The molecular formula is C15H19FN4O. The molecule has 21 heavy (non-hydrogen) atoms. The number of fused-ring (bicyclic) bond motifs is 1. The average molecular weight is 290 g/mol. The Morgan fingerprint density at radius 1 is 1.33 bits per heavy atom. The highest BCUT2D eigenvalue weighted by atomic mass is 19.1. The number of hydrogen-bond donors (Lipinski definition) is 2. The fourth-order valence-electron chi connectivity index (χ4n) is 2.70. The third-order valence-corrected chi connectivity index (χ3v) is 3.83. The first-order valence-corrected chi connectivity index (χ1v) is 7.32. The molecule has 0 atom stereocenters. The minimum Gasteiger partial charge on any atom is -0.319 e. The third-order valence-electron chi connectivity index (χ3n) is 3.83. The van der Waals surface area contributed by atoms with E-state index in [0.29, 0.717) is 24.2 Å². The number of aromatic nitrogens is 2. The highest BCUT2D eigenvalue weighted by molar-refractivity contribution is 5.75. The molecule has 1 aliphatic rings. The van der Waals surface area contributed by atoms with Crippen molar-refractivity contribution in [2.45, 2.75) is 19.9 Å². The van der Waals surface area contributed by atoms with Crippen molar-refractivity contribution in [2.24, 2.45) is 0 Å². The van der Waals surface area contributed by atoms with Crippen LogP contribution >= 0.6 is 0 Å². The second-order valence-electron chi connectivity index (χ2n) is 5.37. The van der Waals surface area contributed by atoms with Crippen LogP contribution in [0.4, 0.5) is 4.39 Å². The van der Waals surface area contributed by atoms with Crippen LogP contribution in [0, 0.1) is 5.82 Å². The lowest BCUT2D eigenvalue weighted by molar-refractivity contribution is 0.233. The number of aromatic amines is 1. The molecule has 3 rings (SSSR count). The van der Waals surface area contributed by atoms with Crippen molar-refractivity contribution >= 4 is 11.0 Å². The molecule has 0 unspecified atom stereocenters. The second-order valence-corrected chi connectivity index (χ2v) is 5.37. The largest absolute Gasteiger partial charge is 0.319 e. The molecular weight excluding hydrogens is 271 g/mol. The van der Waals surface area contributed by atoms with E-state index in [4.69, 9.17) is 0 Å². The Bertz CT molecular complexity index is 707. The molecule has 0 radical (unpaired) electrons. The Kier molecular flexibility index (Phi) is 3.98. The lowest BCUT2D eigenvalue weighted by atomic mass is 10.1. The van der Waals surface area contributed by atoms with E-state index < -0.39 is 0 Å². The number of nitrogens with zero attached hydrogens (tertiary/aromatic N) is 2. The summed E-state index contributed by atoms with van der Waals surface area (Å²) >= 11 is 0. The molecule has 0 spiro atoms. The van der Waals surface area contributed by atoms with E-state index in [1.54, 1.807) is 0 Å². The Morgan fingerprint density at radius 2 is 2.10 bits per heavy atom. The number of H-pyrrole nitrogens is 1. The number of aryl methyl sites for hydroxylation is 1. The predicted molar refractivity (Wildman–Crippen MR) is 79.8 cm³/mol. The lowest BCUT2D eigenvalue weighted by Crippen LogP contribution is -2.42. The van der Waals surface area contributed by atoms with Gasteiger partial charge in [0.25, 0.3) is 5.56 Å². The topological polar surface area (TPSA) is 61.0 Å². The van der Waals surface area contributed by atoms with Crippen LogP contribution in [0.2, 0.25) is 0 Å². The van der Waals surface area contributed by atoms with E-state index >= 15 is 0 Å². The molecule has 1 fully saturated rings. The van der Waals surface area contributed by atoms with Crippen LogP contribution in [-0.4, -0.2) is 41.0 Å². The molecule has 1 aromatic heterocycles. The molecule has 6 heteroatoms. The molecule has 0 aliphatic carbocycles. The summed E-state index contributed by atoms with van der Waals surface area (Å²) in [5, 5.41) is 3.29. The molecule has 1 aliphatic heterocycles. The smallest absolute Gasteiger partial charge is 0.270 e. The van der Waals surface area contributed by atoms with Crippen molar-refractivity contribution in [3.63, 3.8) is 0 Å². The minimum atomic E-state index is -0.372. The molecule has 2 heterocycles. The molecule has 112 valence electrons. The molecule has 1 saturated heterocycles. The highest BCUT2D eigenvalue weighted by Crippen LogP contribution is 2.17. The Balaban J connectivity index is 1.96. The van der Waals surface area contributed by atoms with Gasteiger partial charge in [-0.05, 0) is 24.1 Å². The van der Waals surface area contributed by atoms with Gasteiger partial charge in [0.15, 0.2) is 5.82 Å². The molecule has 0 saturated carbocycles. The van der Waals surface area contributed by atoms with Crippen molar-refractivity contribution in [3.8, 4) is 0 Å². The number of halogens is 1. The minimum absolute atomic E-state index is 0.233. The maximum Gasteiger partial charge on any atom is 0.270 e. The number of rotatable bonds is 3. The summed E-state index contributed by atoms with van der Waals surface area (Å²) in [5.74, 6) is -0.372. The number of hydrogen-bond acceptors (Lipinski definition) is 4. The van der Waals surface area contributed by atoms with Gasteiger partial charge in [0, 0.05) is 32.7 Å². The maximum atomic E-state index is 14.2. The summed E-state index contributed by atoms with van der Waals surface area (Å²) in [5.41, 5.74) is 1.72. The molecule has 2 aromatic rings.